The lowest BCUT2D eigenvalue weighted by Gasteiger charge is -2.23. The van der Waals surface area contributed by atoms with Gasteiger partial charge >= 0.3 is 0 Å². The molecule has 24 heavy (non-hydrogen) atoms. The molecule has 3 rings (SSSR count). The fourth-order valence-corrected chi connectivity index (χ4v) is 3.68. The van der Waals surface area contributed by atoms with Crippen molar-refractivity contribution in [1.29, 1.82) is 0 Å². The maximum atomic E-state index is 12.3. The lowest BCUT2D eigenvalue weighted by Crippen LogP contribution is -2.41. The Balaban J connectivity index is 1.78. The number of nitrogens with one attached hydrogen (secondary N) is 2. The molecule has 2 aromatic rings. The van der Waals surface area contributed by atoms with Crippen LogP contribution in [0.25, 0.3) is 10.8 Å². The number of nitrogens with zero attached hydrogens (tertiary/aromatic N) is 1. The molecule has 4 heteroatoms. The molecule has 1 aliphatic heterocycles. The van der Waals surface area contributed by atoms with Crippen LogP contribution in [-0.2, 0) is 11.3 Å². The number of hydrogen-bond donors (Lipinski definition) is 2. The Labute approximate surface area is 144 Å². The summed E-state index contributed by atoms with van der Waals surface area (Å²) in [5.41, 5.74) is 1.26. The highest BCUT2D eigenvalue weighted by molar-refractivity contribution is 5.83. The fourth-order valence-electron chi connectivity index (χ4n) is 3.68. The summed E-state index contributed by atoms with van der Waals surface area (Å²) in [7, 11) is 1.72. The molecule has 1 saturated heterocycles. The Hall–Kier alpha value is -1.91. The van der Waals surface area contributed by atoms with Gasteiger partial charge in [-0.3, -0.25) is 9.69 Å². The van der Waals surface area contributed by atoms with Crippen molar-refractivity contribution in [1.82, 2.24) is 15.5 Å². The molecule has 2 aromatic carbocycles. The monoisotopic (exact) mass is 325 g/mol. The van der Waals surface area contributed by atoms with E-state index in [2.05, 4.69) is 71.8 Å². The van der Waals surface area contributed by atoms with E-state index in [4.69, 9.17) is 0 Å². The normalized spacial score (nSPS) is 21.5. The SMILES string of the molecule is CNC(=O)[C@@H]1C[C@@H](NC(C)C)CN1Cc1ccc2ccccc2c1. The zero-order chi connectivity index (χ0) is 17.1. The number of amides is 1. The number of benzene rings is 2. The molecule has 1 fully saturated rings. The molecule has 0 bridgehead atoms. The van der Waals surface area contributed by atoms with E-state index in [0.717, 1.165) is 19.5 Å². The molecular formula is C20H27N3O. The fraction of sp³-hybridized carbons (Fsp3) is 0.450. The molecule has 1 aliphatic rings. The first-order valence-corrected chi connectivity index (χ1v) is 8.76. The Kier molecular flexibility index (Phi) is 5.17. The number of likely N-dealkylation sites (N-methyl/N-ethyl adjacent to an activating group) is 1. The van der Waals surface area contributed by atoms with E-state index in [1.54, 1.807) is 7.05 Å². The molecule has 4 nitrogen and oxygen atoms in total. The van der Waals surface area contributed by atoms with E-state index >= 15 is 0 Å². The Bertz CT molecular complexity index is 713. The van der Waals surface area contributed by atoms with Gasteiger partial charge in [-0.15, -0.1) is 0 Å². The van der Waals surface area contributed by atoms with Gasteiger partial charge in [-0.25, -0.2) is 0 Å². The predicted molar refractivity (Wildman–Crippen MR) is 98.9 cm³/mol. The van der Waals surface area contributed by atoms with Crippen molar-refractivity contribution in [3.63, 3.8) is 0 Å². The summed E-state index contributed by atoms with van der Waals surface area (Å²) < 4.78 is 0. The van der Waals surface area contributed by atoms with Gasteiger partial charge in [0.15, 0.2) is 0 Å². The summed E-state index contributed by atoms with van der Waals surface area (Å²) >= 11 is 0. The molecule has 1 heterocycles. The van der Waals surface area contributed by atoms with Gasteiger partial charge in [-0.05, 0) is 28.8 Å². The lowest BCUT2D eigenvalue weighted by molar-refractivity contribution is -0.125. The van der Waals surface area contributed by atoms with Crippen LogP contribution in [0.15, 0.2) is 42.5 Å². The molecule has 0 saturated carbocycles. The average molecular weight is 325 g/mol. The first-order chi connectivity index (χ1) is 11.6. The Morgan fingerprint density at radius 2 is 1.96 bits per heavy atom. The van der Waals surface area contributed by atoms with Crippen LogP contribution in [0.3, 0.4) is 0 Å². The summed E-state index contributed by atoms with van der Waals surface area (Å²) in [6.45, 7) is 6.02. The molecular weight excluding hydrogens is 298 g/mol. The van der Waals surface area contributed by atoms with Crippen molar-refractivity contribution in [2.75, 3.05) is 13.6 Å². The van der Waals surface area contributed by atoms with Gasteiger partial charge in [0.2, 0.25) is 5.91 Å². The van der Waals surface area contributed by atoms with Gasteiger partial charge < -0.3 is 10.6 Å². The van der Waals surface area contributed by atoms with Crippen molar-refractivity contribution in [3.05, 3.63) is 48.0 Å². The van der Waals surface area contributed by atoms with Crippen LogP contribution in [0.1, 0.15) is 25.8 Å². The van der Waals surface area contributed by atoms with E-state index in [1.807, 2.05) is 0 Å². The van der Waals surface area contributed by atoms with Gasteiger partial charge in [0.05, 0.1) is 6.04 Å². The van der Waals surface area contributed by atoms with Crippen molar-refractivity contribution >= 4 is 16.7 Å². The topological polar surface area (TPSA) is 44.4 Å². The molecule has 2 N–H and O–H groups in total. The number of carbonyl (C=O) groups excluding carboxylic acids is 1. The van der Waals surface area contributed by atoms with E-state index in [0.29, 0.717) is 12.1 Å². The molecule has 0 aromatic heterocycles. The van der Waals surface area contributed by atoms with E-state index in [9.17, 15) is 4.79 Å². The average Bonchev–Trinajstić information content (AvgIpc) is 2.95. The van der Waals surface area contributed by atoms with Crippen LogP contribution in [0.4, 0.5) is 0 Å². The maximum absolute atomic E-state index is 12.3. The van der Waals surface area contributed by atoms with Gasteiger partial charge in [0.25, 0.3) is 0 Å². The number of rotatable bonds is 5. The summed E-state index contributed by atoms with van der Waals surface area (Å²) in [6, 6.07) is 15.7. The lowest BCUT2D eigenvalue weighted by atomic mass is 10.1. The summed E-state index contributed by atoms with van der Waals surface area (Å²) in [5.74, 6) is 0.115. The summed E-state index contributed by atoms with van der Waals surface area (Å²) in [5, 5.41) is 8.90. The van der Waals surface area contributed by atoms with Gasteiger partial charge in [-0.2, -0.15) is 0 Å². The van der Waals surface area contributed by atoms with Crippen LogP contribution in [0.5, 0.6) is 0 Å². The minimum Gasteiger partial charge on any atom is -0.358 e. The second-order valence-electron chi connectivity index (χ2n) is 6.99. The van der Waals surface area contributed by atoms with Crippen LogP contribution >= 0.6 is 0 Å². The smallest absolute Gasteiger partial charge is 0.237 e. The molecule has 1 amide bonds. The molecule has 0 spiro atoms. The minimum absolute atomic E-state index is 0.0577. The Morgan fingerprint density at radius 3 is 2.67 bits per heavy atom. The molecule has 0 aliphatic carbocycles. The highest BCUT2D eigenvalue weighted by Gasteiger charge is 2.36. The minimum atomic E-state index is -0.0577. The number of carbonyl (C=O) groups is 1. The van der Waals surface area contributed by atoms with Crippen molar-refractivity contribution in [2.24, 2.45) is 0 Å². The van der Waals surface area contributed by atoms with E-state index in [-0.39, 0.29) is 11.9 Å². The highest BCUT2D eigenvalue weighted by atomic mass is 16.2. The van der Waals surface area contributed by atoms with Crippen LogP contribution in [0.2, 0.25) is 0 Å². The molecule has 2 atom stereocenters. The molecule has 0 radical (unpaired) electrons. The van der Waals surface area contributed by atoms with Gasteiger partial charge in [0.1, 0.15) is 0 Å². The van der Waals surface area contributed by atoms with E-state index < -0.39 is 0 Å². The first kappa shape index (κ1) is 16.9. The second kappa shape index (κ2) is 7.32. The first-order valence-electron chi connectivity index (χ1n) is 8.76. The quantitative estimate of drug-likeness (QED) is 0.888. The third-order valence-corrected chi connectivity index (χ3v) is 4.72. The Morgan fingerprint density at radius 1 is 1.21 bits per heavy atom. The summed E-state index contributed by atoms with van der Waals surface area (Å²) in [4.78, 5) is 14.6. The van der Waals surface area contributed by atoms with Gasteiger partial charge in [-0.1, -0.05) is 50.2 Å². The van der Waals surface area contributed by atoms with Crippen LogP contribution < -0.4 is 10.6 Å². The molecule has 128 valence electrons. The standard InChI is InChI=1S/C20H27N3O/c1-14(2)22-18-11-19(20(24)21-3)23(13-18)12-15-8-9-16-6-4-5-7-17(16)10-15/h4-10,14,18-19,22H,11-13H2,1-3H3,(H,21,24)/t18-,19+/m1/s1. The van der Waals surface area contributed by atoms with Crippen molar-refractivity contribution in [2.45, 2.75) is 44.9 Å². The van der Waals surface area contributed by atoms with Crippen LogP contribution in [0, 0.1) is 0 Å². The van der Waals surface area contributed by atoms with Crippen molar-refractivity contribution < 1.29 is 4.79 Å². The number of fused-ring (bicyclic) bond motifs is 1. The zero-order valence-corrected chi connectivity index (χ0v) is 14.8. The number of hydrogen-bond acceptors (Lipinski definition) is 3. The zero-order valence-electron chi connectivity index (χ0n) is 14.8. The van der Waals surface area contributed by atoms with Gasteiger partial charge in [0, 0.05) is 32.2 Å². The number of likely N-dealkylation sites (tertiary alicyclic amines) is 1. The highest BCUT2D eigenvalue weighted by Crippen LogP contribution is 2.23. The third-order valence-electron chi connectivity index (χ3n) is 4.72. The summed E-state index contributed by atoms with van der Waals surface area (Å²) in [6.07, 6.45) is 0.867. The van der Waals surface area contributed by atoms with Crippen LogP contribution in [-0.4, -0.2) is 42.5 Å². The van der Waals surface area contributed by atoms with E-state index in [1.165, 1.54) is 16.3 Å². The maximum Gasteiger partial charge on any atom is 0.237 e. The second-order valence-corrected chi connectivity index (χ2v) is 6.99. The largest absolute Gasteiger partial charge is 0.358 e. The third kappa shape index (κ3) is 3.77. The predicted octanol–water partition coefficient (Wildman–Crippen LogP) is 2.53. The van der Waals surface area contributed by atoms with Crippen molar-refractivity contribution in [3.8, 4) is 0 Å². The molecule has 0 unspecified atom stereocenters.